The lowest BCUT2D eigenvalue weighted by Gasteiger charge is -2.08. The molecule has 1 heterocycles. The molecule has 3 N–H and O–H groups in total. The number of hydrogen-bond donors (Lipinski definition) is 2. The second kappa shape index (κ2) is 5.63. The Hall–Kier alpha value is -2.20. The Balaban J connectivity index is 2.23. The van der Waals surface area contributed by atoms with Crippen molar-refractivity contribution < 1.29 is 4.92 Å². The van der Waals surface area contributed by atoms with Crippen molar-refractivity contribution in [1.29, 1.82) is 0 Å². The van der Waals surface area contributed by atoms with E-state index in [9.17, 15) is 10.1 Å². The van der Waals surface area contributed by atoms with Crippen LogP contribution in [0.2, 0.25) is 0 Å². The van der Waals surface area contributed by atoms with Crippen molar-refractivity contribution in [3.05, 3.63) is 33.9 Å². The normalized spacial score (nSPS) is 10.4. The van der Waals surface area contributed by atoms with Crippen molar-refractivity contribution in [2.24, 2.45) is 12.9 Å². The number of nitrogen functional groups attached to an aromatic ring is 1. The molecule has 1 aromatic carbocycles. The molecule has 0 saturated carbocycles. The number of tetrazole rings is 1. The molecule has 0 unspecified atom stereocenters. The van der Waals surface area contributed by atoms with Gasteiger partial charge in [-0.3, -0.25) is 16.0 Å². The Kier molecular flexibility index (Phi) is 3.92. The number of hydrazine groups is 1. The minimum Gasteiger partial charge on any atom is -0.318 e. The number of rotatable bonds is 5. The van der Waals surface area contributed by atoms with Crippen molar-refractivity contribution in [3.63, 3.8) is 0 Å². The van der Waals surface area contributed by atoms with E-state index in [2.05, 4.69) is 21.0 Å². The monoisotopic (exact) mass is 281 g/mol. The van der Waals surface area contributed by atoms with Gasteiger partial charge >= 0.3 is 0 Å². The summed E-state index contributed by atoms with van der Waals surface area (Å²) < 4.78 is 1.53. The molecule has 0 bridgehead atoms. The van der Waals surface area contributed by atoms with Crippen LogP contribution in [0.25, 0.3) is 0 Å². The van der Waals surface area contributed by atoms with Gasteiger partial charge in [0.25, 0.3) is 5.69 Å². The maximum Gasteiger partial charge on any atom is 0.293 e. The molecule has 0 atom stereocenters. The summed E-state index contributed by atoms with van der Waals surface area (Å²) in [6, 6.07) is 4.77. The lowest BCUT2D eigenvalue weighted by molar-refractivity contribution is -0.384. The Morgan fingerprint density at radius 1 is 1.58 bits per heavy atom. The van der Waals surface area contributed by atoms with E-state index in [0.29, 0.717) is 22.2 Å². The fraction of sp³-hybridized carbons (Fsp3) is 0.222. The van der Waals surface area contributed by atoms with E-state index in [1.165, 1.54) is 22.5 Å². The summed E-state index contributed by atoms with van der Waals surface area (Å²) >= 11 is 1.37. The van der Waals surface area contributed by atoms with Crippen LogP contribution in [0.3, 0.4) is 0 Å². The summed E-state index contributed by atoms with van der Waals surface area (Å²) in [5.41, 5.74) is 3.33. The first kappa shape index (κ1) is 13.2. The van der Waals surface area contributed by atoms with Gasteiger partial charge in [0.15, 0.2) is 0 Å². The van der Waals surface area contributed by atoms with Gasteiger partial charge in [-0.2, -0.15) is 0 Å². The first-order chi connectivity index (χ1) is 9.13. The number of thioether (sulfide) groups is 1. The van der Waals surface area contributed by atoms with E-state index in [1.807, 2.05) is 0 Å². The summed E-state index contributed by atoms with van der Waals surface area (Å²) in [5, 5.41) is 22.5. The van der Waals surface area contributed by atoms with Gasteiger partial charge in [0.2, 0.25) is 5.16 Å². The third-order valence-corrected chi connectivity index (χ3v) is 3.47. The van der Waals surface area contributed by atoms with Crippen molar-refractivity contribution in [2.45, 2.75) is 10.9 Å². The molecule has 19 heavy (non-hydrogen) atoms. The van der Waals surface area contributed by atoms with Gasteiger partial charge in [-0.15, -0.1) is 5.10 Å². The van der Waals surface area contributed by atoms with Crippen molar-refractivity contribution >= 4 is 23.1 Å². The molecule has 0 amide bonds. The van der Waals surface area contributed by atoms with E-state index in [1.54, 1.807) is 19.2 Å². The van der Waals surface area contributed by atoms with Crippen molar-refractivity contribution in [2.75, 3.05) is 5.43 Å². The Bertz CT molecular complexity index is 600. The number of para-hydroxylation sites is 1. The lowest BCUT2D eigenvalue weighted by Crippen LogP contribution is -2.11. The lowest BCUT2D eigenvalue weighted by atomic mass is 10.2. The van der Waals surface area contributed by atoms with Crippen LogP contribution in [0, 0.1) is 10.1 Å². The molecule has 0 aliphatic rings. The van der Waals surface area contributed by atoms with Gasteiger partial charge in [-0.05, 0) is 16.0 Å². The molecule has 0 aliphatic heterocycles. The van der Waals surface area contributed by atoms with E-state index in [4.69, 9.17) is 5.84 Å². The second-order valence-electron chi connectivity index (χ2n) is 3.59. The molecule has 2 aromatic rings. The Morgan fingerprint density at radius 3 is 2.95 bits per heavy atom. The van der Waals surface area contributed by atoms with Gasteiger partial charge in [0, 0.05) is 18.9 Å². The predicted molar refractivity (Wildman–Crippen MR) is 69.3 cm³/mol. The smallest absolute Gasteiger partial charge is 0.293 e. The van der Waals surface area contributed by atoms with Gasteiger partial charge in [0.05, 0.1) is 4.92 Å². The number of nitro groups is 1. The summed E-state index contributed by atoms with van der Waals surface area (Å²) in [6.45, 7) is 0. The molecule has 10 heteroatoms. The molecule has 2 rings (SSSR count). The zero-order chi connectivity index (χ0) is 13.8. The standard InChI is InChI=1S/C9H11N7O2S/c1-15-9(12-13-14-15)19-5-6-3-2-4-7(16(17)18)8(6)11-10/h2-4,11H,5,10H2,1H3. The summed E-state index contributed by atoms with van der Waals surface area (Å²) in [4.78, 5) is 10.4. The van der Waals surface area contributed by atoms with Crippen molar-refractivity contribution in [1.82, 2.24) is 20.2 Å². The van der Waals surface area contributed by atoms with Gasteiger partial charge < -0.3 is 5.43 Å². The number of nitrogens with one attached hydrogen (secondary N) is 1. The predicted octanol–water partition coefficient (Wildman–Crippen LogP) is 0.696. The average molecular weight is 281 g/mol. The Morgan fingerprint density at radius 2 is 2.37 bits per heavy atom. The summed E-state index contributed by atoms with van der Waals surface area (Å²) in [5.74, 6) is 5.83. The van der Waals surface area contributed by atoms with Crippen LogP contribution in [-0.2, 0) is 12.8 Å². The molecule has 1 aromatic heterocycles. The van der Waals surface area contributed by atoms with Crippen LogP contribution in [-0.4, -0.2) is 25.1 Å². The van der Waals surface area contributed by atoms with Crippen LogP contribution in [0.4, 0.5) is 11.4 Å². The third kappa shape index (κ3) is 2.80. The fourth-order valence-corrected chi connectivity index (χ4v) is 2.35. The molecule has 0 radical (unpaired) electrons. The zero-order valence-electron chi connectivity index (χ0n) is 9.98. The molecule has 0 spiro atoms. The molecule has 0 fully saturated rings. The molecular weight excluding hydrogens is 270 g/mol. The zero-order valence-corrected chi connectivity index (χ0v) is 10.8. The van der Waals surface area contributed by atoms with Crippen LogP contribution < -0.4 is 11.3 Å². The highest BCUT2D eigenvalue weighted by Crippen LogP contribution is 2.31. The topological polar surface area (TPSA) is 125 Å². The van der Waals surface area contributed by atoms with E-state index in [-0.39, 0.29) is 5.69 Å². The van der Waals surface area contributed by atoms with E-state index in [0.717, 1.165) is 0 Å². The number of nitro benzene ring substituents is 1. The van der Waals surface area contributed by atoms with Crippen LogP contribution in [0.5, 0.6) is 0 Å². The summed E-state index contributed by atoms with van der Waals surface area (Å²) in [6.07, 6.45) is 0. The number of benzene rings is 1. The number of nitrogens with zero attached hydrogens (tertiary/aromatic N) is 5. The van der Waals surface area contributed by atoms with E-state index >= 15 is 0 Å². The second-order valence-corrected chi connectivity index (χ2v) is 4.53. The SMILES string of the molecule is Cn1nnnc1SCc1cccc([N+](=O)[O-])c1NN. The number of nitrogens with two attached hydrogens (primary N) is 1. The minimum absolute atomic E-state index is 0.0586. The van der Waals surface area contributed by atoms with Crippen molar-refractivity contribution in [3.8, 4) is 0 Å². The quantitative estimate of drug-likeness (QED) is 0.355. The first-order valence-corrected chi connectivity index (χ1v) is 6.20. The molecule has 100 valence electrons. The highest BCUT2D eigenvalue weighted by molar-refractivity contribution is 7.98. The minimum atomic E-state index is -0.479. The van der Waals surface area contributed by atoms with Gasteiger partial charge in [-0.1, -0.05) is 23.9 Å². The molecule has 0 aliphatic carbocycles. The first-order valence-electron chi connectivity index (χ1n) is 5.21. The largest absolute Gasteiger partial charge is 0.318 e. The van der Waals surface area contributed by atoms with E-state index < -0.39 is 4.92 Å². The Labute approximate surface area is 112 Å². The third-order valence-electron chi connectivity index (χ3n) is 2.41. The molecule has 9 nitrogen and oxygen atoms in total. The highest BCUT2D eigenvalue weighted by atomic mass is 32.2. The number of hydrogen-bond acceptors (Lipinski definition) is 8. The van der Waals surface area contributed by atoms with Crippen LogP contribution in [0.1, 0.15) is 5.56 Å². The number of aromatic nitrogens is 4. The molecular formula is C9H11N7O2S. The van der Waals surface area contributed by atoms with Gasteiger partial charge in [0.1, 0.15) is 5.69 Å². The number of anilines is 1. The number of aryl methyl sites for hydroxylation is 1. The average Bonchev–Trinajstić information content (AvgIpc) is 2.81. The summed E-state index contributed by atoms with van der Waals surface area (Å²) in [7, 11) is 1.72. The maximum atomic E-state index is 10.9. The van der Waals surface area contributed by atoms with Crippen LogP contribution >= 0.6 is 11.8 Å². The maximum absolute atomic E-state index is 10.9. The van der Waals surface area contributed by atoms with Gasteiger partial charge in [-0.25, -0.2) is 4.68 Å². The van der Waals surface area contributed by atoms with Crippen LogP contribution in [0.15, 0.2) is 23.4 Å². The fourth-order valence-electron chi connectivity index (χ4n) is 1.51. The molecule has 0 saturated heterocycles. The highest BCUT2D eigenvalue weighted by Gasteiger charge is 2.17.